The zero-order chi connectivity index (χ0) is 13.7. The van der Waals surface area contributed by atoms with Gasteiger partial charge < -0.3 is 5.11 Å². The predicted molar refractivity (Wildman–Crippen MR) is 78.5 cm³/mol. The molecular weight excluding hydrogens is 258 g/mol. The van der Waals surface area contributed by atoms with E-state index in [9.17, 15) is 4.79 Å². The molecule has 3 nitrogen and oxygen atoms in total. The second-order valence-corrected chi connectivity index (χ2v) is 6.35. The molecule has 2 atom stereocenters. The Hall–Kier alpha value is -0.870. The smallest absolute Gasteiger partial charge is 0.303 e. The molecule has 0 bridgehead atoms. The molecule has 0 radical (unpaired) electrons. The third kappa shape index (κ3) is 4.05. The van der Waals surface area contributed by atoms with Gasteiger partial charge in [0.1, 0.15) is 0 Å². The maximum Gasteiger partial charge on any atom is 0.303 e. The van der Waals surface area contributed by atoms with Crippen LogP contribution in [0.25, 0.3) is 0 Å². The van der Waals surface area contributed by atoms with Crippen molar-refractivity contribution >= 4 is 17.3 Å². The third-order valence-corrected chi connectivity index (χ3v) is 4.99. The van der Waals surface area contributed by atoms with Crippen LogP contribution < -0.4 is 0 Å². The standard InChI is InChI=1S/C15H23NO2S/c1-2-13(14-6-4-10-19-14)16-9-3-5-12(11-16)7-8-15(17)18/h4,6,10,12-13H,2-3,5,7-9,11H2,1H3,(H,17,18). The van der Waals surface area contributed by atoms with Crippen LogP contribution >= 0.6 is 11.3 Å². The van der Waals surface area contributed by atoms with E-state index in [1.54, 1.807) is 0 Å². The van der Waals surface area contributed by atoms with E-state index in [1.165, 1.54) is 17.7 Å². The van der Waals surface area contributed by atoms with Gasteiger partial charge in [0.2, 0.25) is 0 Å². The van der Waals surface area contributed by atoms with Gasteiger partial charge in [0.05, 0.1) is 0 Å². The summed E-state index contributed by atoms with van der Waals surface area (Å²) in [6, 6.07) is 4.86. The predicted octanol–water partition coefficient (Wildman–Crippen LogP) is 3.78. The van der Waals surface area contributed by atoms with E-state index in [-0.39, 0.29) is 0 Å². The monoisotopic (exact) mass is 281 g/mol. The minimum absolute atomic E-state index is 0.314. The Kier molecular flexibility index (Phi) is 5.40. The fourth-order valence-corrected chi connectivity index (χ4v) is 4.01. The van der Waals surface area contributed by atoms with E-state index in [0.717, 1.165) is 25.9 Å². The fourth-order valence-electron chi connectivity index (χ4n) is 3.06. The van der Waals surface area contributed by atoms with Crippen molar-refractivity contribution in [3.05, 3.63) is 22.4 Å². The number of nitrogens with zero attached hydrogens (tertiary/aromatic N) is 1. The van der Waals surface area contributed by atoms with E-state index in [4.69, 9.17) is 5.11 Å². The van der Waals surface area contributed by atoms with Gasteiger partial charge in [0.15, 0.2) is 0 Å². The molecule has 106 valence electrons. The molecule has 1 aliphatic rings. The fraction of sp³-hybridized carbons (Fsp3) is 0.667. The number of hydrogen-bond acceptors (Lipinski definition) is 3. The number of likely N-dealkylation sites (tertiary alicyclic amines) is 1. The molecule has 1 saturated heterocycles. The molecular formula is C15H23NO2S. The van der Waals surface area contributed by atoms with Crippen molar-refractivity contribution in [2.24, 2.45) is 5.92 Å². The Morgan fingerprint density at radius 3 is 3.11 bits per heavy atom. The number of carbonyl (C=O) groups is 1. The van der Waals surface area contributed by atoms with Crippen LogP contribution in [0.2, 0.25) is 0 Å². The van der Waals surface area contributed by atoms with E-state index in [0.29, 0.717) is 18.4 Å². The highest BCUT2D eigenvalue weighted by molar-refractivity contribution is 7.10. The van der Waals surface area contributed by atoms with Gasteiger partial charge in [-0.1, -0.05) is 13.0 Å². The highest BCUT2D eigenvalue weighted by atomic mass is 32.1. The van der Waals surface area contributed by atoms with Gasteiger partial charge in [-0.25, -0.2) is 0 Å². The summed E-state index contributed by atoms with van der Waals surface area (Å²) in [5.74, 6) is -0.110. The van der Waals surface area contributed by atoms with Gasteiger partial charge in [0, 0.05) is 23.9 Å². The van der Waals surface area contributed by atoms with Gasteiger partial charge in [-0.2, -0.15) is 0 Å². The van der Waals surface area contributed by atoms with Crippen LogP contribution in [-0.4, -0.2) is 29.1 Å². The molecule has 0 amide bonds. The van der Waals surface area contributed by atoms with E-state index < -0.39 is 5.97 Å². The maximum absolute atomic E-state index is 10.7. The number of carboxylic acids is 1. The van der Waals surface area contributed by atoms with Crippen LogP contribution in [0.4, 0.5) is 0 Å². The maximum atomic E-state index is 10.7. The SMILES string of the molecule is CCC(c1cccs1)N1CCCC(CCC(=O)O)C1. The van der Waals surface area contributed by atoms with E-state index >= 15 is 0 Å². The normalized spacial score (nSPS) is 22.3. The first-order valence-corrected chi connectivity index (χ1v) is 8.08. The van der Waals surface area contributed by atoms with Crippen molar-refractivity contribution in [3.8, 4) is 0 Å². The summed E-state index contributed by atoms with van der Waals surface area (Å²) in [4.78, 5) is 14.7. The number of piperidine rings is 1. The van der Waals surface area contributed by atoms with Crippen LogP contribution in [0.3, 0.4) is 0 Å². The van der Waals surface area contributed by atoms with Crippen molar-refractivity contribution < 1.29 is 9.90 Å². The van der Waals surface area contributed by atoms with Crippen molar-refractivity contribution in [2.75, 3.05) is 13.1 Å². The Morgan fingerprint density at radius 1 is 1.63 bits per heavy atom. The Bertz CT molecular complexity index is 391. The zero-order valence-electron chi connectivity index (χ0n) is 11.5. The average molecular weight is 281 g/mol. The van der Waals surface area contributed by atoms with Gasteiger partial charge in [-0.15, -0.1) is 11.3 Å². The lowest BCUT2D eigenvalue weighted by Gasteiger charge is -2.37. The minimum atomic E-state index is -0.664. The summed E-state index contributed by atoms with van der Waals surface area (Å²) >= 11 is 1.83. The summed E-state index contributed by atoms with van der Waals surface area (Å²) < 4.78 is 0. The molecule has 0 spiro atoms. The molecule has 2 unspecified atom stereocenters. The molecule has 4 heteroatoms. The molecule has 1 N–H and O–H groups in total. The summed E-state index contributed by atoms with van der Waals surface area (Å²) in [7, 11) is 0. The Labute approximate surface area is 119 Å². The second-order valence-electron chi connectivity index (χ2n) is 5.38. The molecule has 19 heavy (non-hydrogen) atoms. The molecule has 1 aliphatic heterocycles. The lowest BCUT2D eigenvalue weighted by atomic mass is 9.92. The van der Waals surface area contributed by atoms with Crippen molar-refractivity contribution in [1.82, 2.24) is 4.90 Å². The minimum Gasteiger partial charge on any atom is -0.481 e. The molecule has 2 rings (SSSR count). The van der Waals surface area contributed by atoms with Crippen LogP contribution in [-0.2, 0) is 4.79 Å². The van der Waals surface area contributed by atoms with Crippen LogP contribution in [0.5, 0.6) is 0 Å². The van der Waals surface area contributed by atoms with Crippen LogP contribution in [0.15, 0.2) is 17.5 Å². The first kappa shape index (κ1) is 14.5. The van der Waals surface area contributed by atoms with Crippen LogP contribution in [0, 0.1) is 5.92 Å². The van der Waals surface area contributed by atoms with E-state index in [1.807, 2.05) is 11.3 Å². The molecule has 0 aliphatic carbocycles. The van der Waals surface area contributed by atoms with E-state index in [2.05, 4.69) is 29.3 Å². The first-order valence-electron chi connectivity index (χ1n) is 7.20. The number of hydrogen-bond donors (Lipinski definition) is 1. The number of rotatable bonds is 6. The largest absolute Gasteiger partial charge is 0.481 e. The van der Waals surface area contributed by atoms with Crippen LogP contribution in [0.1, 0.15) is 49.9 Å². The molecule has 0 aromatic carbocycles. The van der Waals surface area contributed by atoms with Crippen molar-refractivity contribution in [1.29, 1.82) is 0 Å². The number of carboxylic acid groups (broad SMARTS) is 1. The summed E-state index contributed by atoms with van der Waals surface area (Å²) in [6.45, 7) is 4.45. The average Bonchev–Trinajstić information content (AvgIpc) is 2.92. The van der Waals surface area contributed by atoms with Crippen molar-refractivity contribution in [3.63, 3.8) is 0 Å². The third-order valence-electron chi connectivity index (χ3n) is 4.02. The van der Waals surface area contributed by atoms with Gasteiger partial charge in [-0.3, -0.25) is 9.69 Å². The van der Waals surface area contributed by atoms with Gasteiger partial charge in [-0.05, 0) is 49.6 Å². The number of aliphatic carboxylic acids is 1. The summed E-state index contributed by atoms with van der Waals surface area (Å²) in [5, 5.41) is 10.9. The van der Waals surface area contributed by atoms with Gasteiger partial charge >= 0.3 is 5.97 Å². The quantitative estimate of drug-likeness (QED) is 0.862. The Balaban J connectivity index is 1.93. The lowest BCUT2D eigenvalue weighted by molar-refractivity contribution is -0.137. The number of thiophene rings is 1. The Morgan fingerprint density at radius 2 is 2.47 bits per heavy atom. The highest BCUT2D eigenvalue weighted by Gasteiger charge is 2.26. The molecule has 1 aromatic rings. The molecule has 1 fully saturated rings. The topological polar surface area (TPSA) is 40.5 Å². The second kappa shape index (κ2) is 7.06. The van der Waals surface area contributed by atoms with Gasteiger partial charge in [0.25, 0.3) is 0 Å². The molecule has 1 aromatic heterocycles. The lowest BCUT2D eigenvalue weighted by Crippen LogP contribution is -2.38. The molecule has 0 saturated carbocycles. The van der Waals surface area contributed by atoms with Crippen molar-refractivity contribution in [2.45, 2.75) is 45.1 Å². The first-order chi connectivity index (χ1) is 9.20. The summed E-state index contributed by atoms with van der Waals surface area (Å²) in [5.41, 5.74) is 0. The summed E-state index contributed by atoms with van der Waals surface area (Å²) in [6.07, 6.45) is 4.66. The highest BCUT2D eigenvalue weighted by Crippen LogP contribution is 2.32. The zero-order valence-corrected chi connectivity index (χ0v) is 12.4. The molecule has 2 heterocycles.